The molecule has 3 aliphatic rings. The number of nitrogens with zero attached hydrogens (tertiary/aromatic N) is 5. The zero-order valence-electron chi connectivity index (χ0n) is 19.9. The molecule has 35 heavy (non-hydrogen) atoms. The van der Waals surface area contributed by atoms with Crippen LogP contribution in [0.3, 0.4) is 0 Å². The fourth-order valence-corrected chi connectivity index (χ4v) is 6.59. The Morgan fingerprint density at radius 2 is 1.71 bits per heavy atom. The highest BCUT2D eigenvalue weighted by Gasteiger charge is 2.31. The number of piperazine rings is 2. The van der Waals surface area contributed by atoms with E-state index in [-0.39, 0.29) is 5.91 Å². The van der Waals surface area contributed by atoms with Gasteiger partial charge in [-0.2, -0.15) is 0 Å². The molecular formula is C25H32N8OS. The highest BCUT2D eigenvalue weighted by molar-refractivity contribution is 7.21. The summed E-state index contributed by atoms with van der Waals surface area (Å²) in [5, 5.41) is 10.00. The second kappa shape index (κ2) is 10.0. The quantitative estimate of drug-likeness (QED) is 0.500. The van der Waals surface area contributed by atoms with Gasteiger partial charge in [0.25, 0.3) is 5.91 Å². The summed E-state index contributed by atoms with van der Waals surface area (Å²) < 4.78 is 0.984. The summed E-state index contributed by atoms with van der Waals surface area (Å²) in [5.74, 6) is 1.79. The Labute approximate surface area is 209 Å². The van der Waals surface area contributed by atoms with Crippen LogP contribution in [0, 0.1) is 0 Å². The Hall–Kier alpha value is -2.82. The predicted molar refractivity (Wildman–Crippen MR) is 140 cm³/mol. The van der Waals surface area contributed by atoms with Crippen molar-refractivity contribution in [1.82, 2.24) is 30.5 Å². The highest BCUT2D eigenvalue weighted by atomic mass is 32.1. The van der Waals surface area contributed by atoms with Crippen molar-refractivity contribution in [2.75, 3.05) is 62.6 Å². The molecule has 0 unspecified atom stereocenters. The van der Waals surface area contributed by atoms with Crippen LogP contribution in [0.25, 0.3) is 10.2 Å². The maximum absolute atomic E-state index is 13.5. The lowest BCUT2D eigenvalue weighted by Crippen LogP contribution is -2.46. The largest absolute Gasteiger partial charge is 0.368 e. The number of carbonyl (C=O) groups is 1. The number of anilines is 3. The molecule has 0 radical (unpaired) electrons. The monoisotopic (exact) mass is 492 g/mol. The van der Waals surface area contributed by atoms with Gasteiger partial charge in [0.1, 0.15) is 5.82 Å². The molecule has 3 aromatic rings. The molecule has 0 atom stereocenters. The van der Waals surface area contributed by atoms with E-state index < -0.39 is 0 Å². The lowest BCUT2D eigenvalue weighted by Gasteiger charge is -2.29. The van der Waals surface area contributed by atoms with Crippen molar-refractivity contribution in [1.29, 1.82) is 0 Å². The molecule has 3 N–H and O–H groups in total. The van der Waals surface area contributed by atoms with Crippen LogP contribution < -0.4 is 20.9 Å². The second-order valence-corrected chi connectivity index (χ2v) is 10.6. The second-order valence-electron chi connectivity index (χ2n) is 9.54. The molecule has 5 heterocycles. The Morgan fingerprint density at radius 3 is 2.43 bits per heavy atom. The minimum atomic E-state index is 0.149. The molecule has 3 fully saturated rings. The van der Waals surface area contributed by atoms with Crippen molar-refractivity contribution in [2.24, 2.45) is 0 Å². The summed E-state index contributed by atoms with van der Waals surface area (Å²) >= 11 is 1.55. The Balaban J connectivity index is 1.28. The van der Waals surface area contributed by atoms with E-state index in [9.17, 15) is 4.79 Å². The minimum Gasteiger partial charge on any atom is -0.368 e. The van der Waals surface area contributed by atoms with Gasteiger partial charge in [0.2, 0.25) is 5.95 Å². The van der Waals surface area contributed by atoms with Crippen molar-refractivity contribution in [2.45, 2.75) is 31.6 Å². The average Bonchev–Trinajstić information content (AvgIpc) is 3.57. The van der Waals surface area contributed by atoms with Gasteiger partial charge in [0.05, 0.1) is 33.2 Å². The normalized spacial score (nSPS) is 19.4. The predicted octanol–water partition coefficient (Wildman–Crippen LogP) is 2.94. The van der Waals surface area contributed by atoms with Gasteiger partial charge in [-0.25, -0.2) is 15.0 Å². The Bertz CT molecular complexity index is 1180. The first-order valence-electron chi connectivity index (χ1n) is 12.7. The van der Waals surface area contributed by atoms with E-state index in [0.29, 0.717) is 11.9 Å². The number of aromatic nitrogens is 3. The number of pyridine rings is 1. The molecular weight excluding hydrogens is 460 g/mol. The zero-order valence-corrected chi connectivity index (χ0v) is 20.7. The van der Waals surface area contributed by atoms with Crippen LogP contribution in [0.15, 0.2) is 24.5 Å². The summed E-state index contributed by atoms with van der Waals surface area (Å²) in [6.07, 6.45) is 8.43. The molecule has 1 aliphatic carbocycles. The van der Waals surface area contributed by atoms with Crippen LogP contribution in [-0.4, -0.2) is 78.1 Å². The molecule has 0 spiro atoms. The van der Waals surface area contributed by atoms with Gasteiger partial charge in [-0.15, -0.1) is 11.3 Å². The number of amides is 1. The van der Waals surface area contributed by atoms with Gasteiger partial charge in [0.15, 0.2) is 0 Å². The molecule has 0 aromatic carbocycles. The molecule has 9 nitrogen and oxygen atoms in total. The van der Waals surface area contributed by atoms with Crippen molar-refractivity contribution in [3.63, 3.8) is 0 Å². The smallest absolute Gasteiger partial charge is 0.264 e. The van der Waals surface area contributed by atoms with Crippen molar-refractivity contribution in [3.05, 3.63) is 35.0 Å². The molecule has 2 saturated heterocycles. The van der Waals surface area contributed by atoms with Gasteiger partial charge in [-0.05, 0) is 30.9 Å². The van der Waals surface area contributed by atoms with Crippen LogP contribution in [-0.2, 0) is 0 Å². The van der Waals surface area contributed by atoms with Crippen LogP contribution in [0.5, 0.6) is 0 Å². The van der Waals surface area contributed by atoms with Crippen molar-refractivity contribution < 1.29 is 4.79 Å². The van der Waals surface area contributed by atoms with E-state index in [4.69, 9.17) is 4.98 Å². The number of fused-ring (bicyclic) bond motifs is 1. The topological polar surface area (TPSA) is 98.3 Å². The number of thiophene rings is 1. The third-order valence-electron chi connectivity index (χ3n) is 7.30. The lowest BCUT2D eigenvalue weighted by atomic mass is 9.96. The SMILES string of the molecule is O=C(c1sc2cnc(Nc3ccc(N4CCNCC4)cn3)nc2c1C1CCCC1)N1CCNCC1. The van der Waals surface area contributed by atoms with Crippen LogP contribution in [0.2, 0.25) is 0 Å². The highest BCUT2D eigenvalue weighted by Crippen LogP contribution is 2.43. The van der Waals surface area contributed by atoms with Crippen LogP contribution in [0.1, 0.15) is 46.8 Å². The Kier molecular flexibility index (Phi) is 6.49. The summed E-state index contributed by atoms with van der Waals surface area (Å²) in [6.45, 7) is 7.19. The molecule has 184 valence electrons. The van der Waals surface area contributed by atoms with Gasteiger partial charge < -0.3 is 25.8 Å². The first-order valence-corrected chi connectivity index (χ1v) is 13.6. The van der Waals surface area contributed by atoms with Crippen molar-refractivity contribution in [3.8, 4) is 0 Å². The summed E-state index contributed by atoms with van der Waals surface area (Å²) in [4.78, 5) is 32.8. The summed E-state index contributed by atoms with van der Waals surface area (Å²) in [6, 6.07) is 4.08. The molecule has 6 rings (SSSR count). The van der Waals surface area contributed by atoms with E-state index in [1.165, 1.54) is 12.8 Å². The molecule has 3 aromatic heterocycles. The van der Waals surface area contributed by atoms with Gasteiger partial charge in [-0.3, -0.25) is 4.79 Å². The van der Waals surface area contributed by atoms with Gasteiger partial charge in [0, 0.05) is 57.9 Å². The number of hydrogen-bond acceptors (Lipinski definition) is 9. The van der Waals surface area contributed by atoms with Gasteiger partial charge >= 0.3 is 0 Å². The molecule has 10 heteroatoms. The van der Waals surface area contributed by atoms with E-state index in [1.54, 1.807) is 11.3 Å². The number of hydrogen-bond donors (Lipinski definition) is 3. The Morgan fingerprint density at radius 1 is 0.971 bits per heavy atom. The zero-order chi connectivity index (χ0) is 23.6. The number of nitrogens with one attached hydrogen (secondary N) is 3. The molecule has 2 aliphatic heterocycles. The van der Waals surface area contributed by atoms with Crippen LogP contribution in [0.4, 0.5) is 17.5 Å². The number of carbonyl (C=O) groups excluding carboxylic acids is 1. The summed E-state index contributed by atoms with van der Waals surface area (Å²) in [5.41, 5.74) is 3.19. The average molecular weight is 493 g/mol. The maximum Gasteiger partial charge on any atom is 0.264 e. The minimum absolute atomic E-state index is 0.149. The van der Waals surface area contributed by atoms with E-state index in [2.05, 4.69) is 36.9 Å². The maximum atomic E-state index is 13.5. The lowest BCUT2D eigenvalue weighted by molar-refractivity contribution is 0.0739. The standard InChI is InChI=1S/C25H32N8OS/c34-24(33-13-9-27-10-14-33)23-21(17-3-1-2-4-17)22-19(35-23)16-29-25(31-22)30-20-6-5-18(15-28-20)32-11-7-26-8-12-32/h5-6,15-17,26-27H,1-4,7-14H2,(H,28,29,30,31). The molecule has 1 amide bonds. The first kappa shape index (κ1) is 22.6. The van der Waals surface area contributed by atoms with E-state index in [0.717, 1.165) is 97.4 Å². The van der Waals surface area contributed by atoms with Gasteiger partial charge in [-0.1, -0.05) is 12.8 Å². The van der Waals surface area contributed by atoms with Crippen molar-refractivity contribution >= 4 is 44.9 Å². The fraction of sp³-hybridized carbons (Fsp3) is 0.520. The molecule has 0 bridgehead atoms. The van der Waals surface area contributed by atoms with E-state index >= 15 is 0 Å². The summed E-state index contributed by atoms with van der Waals surface area (Å²) in [7, 11) is 0. The third kappa shape index (κ3) is 4.70. The third-order valence-corrected chi connectivity index (χ3v) is 8.42. The van der Waals surface area contributed by atoms with E-state index in [1.807, 2.05) is 23.4 Å². The molecule has 1 saturated carbocycles. The van der Waals surface area contributed by atoms with Crippen LogP contribution >= 0.6 is 11.3 Å². The number of rotatable bonds is 5. The first-order chi connectivity index (χ1) is 17.3. The fourth-order valence-electron chi connectivity index (χ4n) is 5.42.